The van der Waals surface area contributed by atoms with Crippen molar-refractivity contribution in [3.8, 4) is 0 Å². The van der Waals surface area contributed by atoms with Gasteiger partial charge in [-0.15, -0.1) is 0 Å². The standard InChI is InChI=1S/C20H30O4/c1-19(12-24-13-19)2-3-23-11-17(18(21)22)10-20-7-14-4-15(8-20)6-16(5-14)9-20/h11,14-16H,2-10,12-13H2,1H3,(H,21,22). The molecular formula is C20H30O4. The third-order valence-electron chi connectivity index (χ3n) is 6.96. The first-order chi connectivity index (χ1) is 11.5. The summed E-state index contributed by atoms with van der Waals surface area (Å²) in [6.07, 6.45) is 11.1. The lowest BCUT2D eigenvalue weighted by Gasteiger charge is -2.57. The molecular weight excluding hydrogens is 304 g/mol. The Morgan fingerprint density at radius 3 is 2.21 bits per heavy atom. The van der Waals surface area contributed by atoms with E-state index in [-0.39, 0.29) is 10.8 Å². The molecule has 0 spiro atoms. The minimum Gasteiger partial charge on any atom is -0.501 e. The van der Waals surface area contributed by atoms with Gasteiger partial charge < -0.3 is 14.6 Å². The highest BCUT2D eigenvalue weighted by molar-refractivity contribution is 5.86. The fourth-order valence-corrected chi connectivity index (χ4v) is 6.14. The fourth-order valence-electron chi connectivity index (χ4n) is 6.14. The summed E-state index contributed by atoms with van der Waals surface area (Å²) in [5.74, 6) is 1.76. The Balaban J connectivity index is 1.36. The Morgan fingerprint density at radius 1 is 1.17 bits per heavy atom. The van der Waals surface area contributed by atoms with Crippen molar-refractivity contribution in [3.63, 3.8) is 0 Å². The minimum atomic E-state index is -0.802. The van der Waals surface area contributed by atoms with Crippen molar-refractivity contribution in [3.05, 3.63) is 11.8 Å². The average Bonchev–Trinajstić information content (AvgIpc) is 2.47. The highest BCUT2D eigenvalue weighted by atomic mass is 16.5. The molecule has 4 saturated carbocycles. The molecule has 5 rings (SSSR count). The van der Waals surface area contributed by atoms with E-state index in [9.17, 15) is 9.90 Å². The zero-order valence-electron chi connectivity index (χ0n) is 14.8. The molecule has 5 aliphatic rings. The normalized spacial score (nSPS) is 39.5. The maximum absolute atomic E-state index is 11.7. The second-order valence-electron chi connectivity index (χ2n) is 9.47. The van der Waals surface area contributed by atoms with Gasteiger partial charge in [0.15, 0.2) is 0 Å². The van der Waals surface area contributed by atoms with Gasteiger partial charge in [-0.05, 0) is 74.5 Å². The Hall–Kier alpha value is -1.03. The molecule has 0 aromatic rings. The Morgan fingerprint density at radius 2 is 1.75 bits per heavy atom. The molecule has 1 saturated heterocycles. The van der Waals surface area contributed by atoms with Gasteiger partial charge in [0.1, 0.15) is 0 Å². The van der Waals surface area contributed by atoms with Crippen LogP contribution in [0.15, 0.2) is 11.8 Å². The molecule has 0 atom stereocenters. The van der Waals surface area contributed by atoms with Crippen LogP contribution in [-0.4, -0.2) is 30.9 Å². The smallest absolute Gasteiger partial charge is 0.334 e. The number of hydrogen-bond donors (Lipinski definition) is 1. The van der Waals surface area contributed by atoms with E-state index < -0.39 is 5.97 Å². The number of aliphatic carboxylic acids is 1. The van der Waals surface area contributed by atoms with Gasteiger partial charge in [0.2, 0.25) is 0 Å². The molecule has 4 bridgehead atoms. The van der Waals surface area contributed by atoms with Crippen molar-refractivity contribution in [1.29, 1.82) is 0 Å². The summed E-state index contributed by atoms with van der Waals surface area (Å²) in [5.41, 5.74) is 0.944. The van der Waals surface area contributed by atoms with E-state index in [4.69, 9.17) is 9.47 Å². The van der Waals surface area contributed by atoms with E-state index >= 15 is 0 Å². The van der Waals surface area contributed by atoms with E-state index in [1.165, 1.54) is 38.5 Å². The summed E-state index contributed by atoms with van der Waals surface area (Å²) in [7, 11) is 0. The van der Waals surface area contributed by atoms with Crippen molar-refractivity contribution < 1.29 is 19.4 Å². The first-order valence-corrected chi connectivity index (χ1v) is 9.57. The molecule has 24 heavy (non-hydrogen) atoms. The molecule has 134 valence electrons. The zero-order valence-corrected chi connectivity index (χ0v) is 14.8. The molecule has 1 heterocycles. The molecule has 4 aliphatic carbocycles. The summed E-state index contributed by atoms with van der Waals surface area (Å²) in [6, 6.07) is 0. The summed E-state index contributed by atoms with van der Waals surface area (Å²) in [6.45, 7) is 4.35. The molecule has 0 amide bonds. The van der Waals surface area contributed by atoms with Gasteiger partial charge >= 0.3 is 5.97 Å². The molecule has 1 N–H and O–H groups in total. The van der Waals surface area contributed by atoms with E-state index in [2.05, 4.69) is 6.92 Å². The lowest BCUT2D eigenvalue weighted by atomic mass is 9.48. The van der Waals surface area contributed by atoms with Crippen LogP contribution in [0.4, 0.5) is 0 Å². The number of carbonyl (C=O) groups is 1. The maximum atomic E-state index is 11.7. The first-order valence-electron chi connectivity index (χ1n) is 9.57. The van der Waals surface area contributed by atoms with Crippen molar-refractivity contribution in [2.24, 2.45) is 28.6 Å². The summed E-state index contributed by atoms with van der Waals surface area (Å²) in [4.78, 5) is 11.7. The highest BCUT2D eigenvalue weighted by Gasteiger charge is 2.51. The van der Waals surface area contributed by atoms with Crippen LogP contribution in [0.5, 0.6) is 0 Å². The first kappa shape index (κ1) is 16.4. The summed E-state index contributed by atoms with van der Waals surface area (Å²) in [5, 5.41) is 9.62. The number of ether oxygens (including phenoxy) is 2. The molecule has 0 aromatic carbocycles. The predicted octanol–water partition coefficient (Wildman–Crippen LogP) is 4.00. The van der Waals surface area contributed by atoms with Crippen molar-refractivity contribution in [2.45, 2.75) is 58.3 Å². The molecule has 0 unspecified atom stereocenters. The Labute approximate surface area is 144 Å². The maximum Gasteiger partial charge on any atom is 0.334 e. The van der Waals surface area contributed by atoms with Crippen LogP contribution in [0.2, 0.25) is 0 Å². The fraction of sp³-hybridized carbons (Fsp3) is 0.850. The number of rotatable bonds is 7. The number of hydrogen-bond acceptors (Lipinski definition) is 3. The molecule has 1 aliphatic heterocycles. The van der Waals surface area contributed by atoms with Gasteiger partial charge in [0.05, 0.1) is 31.7 Å². The van der Waals surface area contributed by atoms with Crippen LogP contribution in [0.1, 0.15) is 58.3 Å². The van der Waals surface area contributed by atoms with Crippen LogP contribution in [0.3, 0.4) is 0 Å². The third-order valence-corrected chi connectivity index (χ3v) is 6.96. The Bertz CT molecular complexity index is 496. The largest absolute Gasteiger partial charge is 0.501 e. The number of carboxylic acids is 1. The lowest BCUT2D eigenvalue weighted by molar-refractivity contribution is -0.134. The van der Waals surface area contributed by atoms with Gasteiger partial charge in [0.25, 0.3) is 0 Å². The van der Waals surface area contributed by atoms with Gasteiger partial charge in [-0.2, -0.15) is 0 Å². The van der Waals surface area contributed by atoms with Gasteiger partial charge in [-0.25, -0.2) is 4.79 Å². The second-order valence-corrected chi connectivity index (χ2v) is 9.47. The molecule has 0 radical (unpaired) electrons. The monoisotopic (exact) mass is 334 g/mol. The topological polar surface area (TPSA) is 55.8 Å². The molecule has 4 nitrogen and oxygen atoms in total. The Kier molecular flexibility index (Phi) is 4.14. The van der Waals surface area contributed by atoms with Crippen LogP contribution in [0.25, 0.3) is 0 Å². The quantitative estimate of drug-likeness (QED) is 0.434. The van der Waals surface area contributed by atoms with E-state index in [1.54, 1.807) is 6.26 Å². The summed E-state index contributed by atoms with van der Waals surface area (Å²) >= 11 is 0. The van der Waals surface area contributed by atoms with Crippen LogP contribution >= 0.6 is 0 Å². The van der Waals surface area contributed by atoms with E-state index in [0.717, 1.165) is 37.4 Å². The van der Waals surface area contributed by atoms with E-state index in [0.29, 0.717) is 18.6 Å². The summed E-state index contributed by atoms with van der Waals surface area (Å²) < 4.78 is 10.9. The third kappa shape index (κ3) is 3.22. The van der Waals surface area contributed by atoms with Crippen LogP contribution in [-0.2, 0) is 14.3 Å². The predicted molar refractivity (Wildman–Crippen MR) is 90.4 cm³/mol. The second kappa shape index (κ2) is 6.05. The van der Waals surface area contributed by atoms with Crippen molar-refractivity contribution in [1.82, 2.24) is 0 Å². The van der Waals surface area contributed by atoms with Crippen molar-refractivity contribution >= 4 is 5.97 Å². The lowest BCUT2D eigenvalue weighted by Crippen LogP contribution is -2.46. The SMILES string of the molecule is CC1(CCOC=C(CC23CC4CC(CC(C4)C2)C3)C(=O)O)COC1. The van der Waals surface area contributed by atoms with Crippen molar-refractivity contribution in [2.75, 3.05) is 19.8 Å². The number of carboxylic acid groups (broad SMARTS) is 1. The van der Waals surface area contributed by atoms with Gasteiger partial charge in [0, 0.05) is 5.41 Å². The molecule has 4 heteroatoms. The van der Waals surface area contributed by atoms with Crippen LogP contribution < -0.4 is 0 Å². The van der Waals surface area contributed by atoms with E-state index in [1.807, 2.05) is 0 Å². The minimum absolute atomic E-state index is 0.219. The molecule has 5 fully saturated rings. The van der Waals surface area contributed by atoms with Crippen LogP contribution in [0, 0.1) is 28.6 Å². The zero-order chi connectivity index (χ0) is 16.8. The highest BCUT2D eigenvalue weighted by Crippen LogP contribution is 2.62. The average molecular weight is 334 g/mol. The molecule has 0 aromatic heterocycles. The van der Waals surface area contributed by atoms with Gasteiger partial charge in [-0.3, -0.25) is 0 Å². The van der Waals surface area contributed by atoms with Gasteiger partial charge in [-0.1, -0.05) is 6.92 Å².